The zero-order valence-corrected chi connectivity index (χ0v) is 40.8. The van der Waals surface area contributed by atoms with Crippen molar-refractivity contribution in [3.8, 4) is 23.0 Å². The zero-order valence-electron chi connectivity index (χ0n) is 33.4. The summed E-state index contributed by atoms with van der Waals surface area (Å²) < 4.78 is 40.6. The number of phosphoric acid groups is 2. The van der Waals surface area contributed by atoms with Gasteiger partial charge in [-0.15, -0.1) is 9.97 Å². The van der Waals surface area contributed by atoms with Gasteiger partial charge in [0.1, 0.15) is 31.2 Å². The van der Waals surface area contributed by atoms with Crippen molar-refractivity contribution in [3.05, 3.63) is 82.8 Å². The van der Waals surface area contributed by atoms with Gasteiger partial charge in [0.25, 0.3) is 11.6 Å². The van der Waals surface area contributed by atoms with Gasteiger partial charge in [-0.1, -0.05) is 36.7 Å². The molecule has 0 aliphatic heterocycles. The van der Waals surface area contributed by atoms with Crippen molar-refractivity contribution >= 4 is 96.1 Å². The maximum atomic E-state index is 12.3. The number of rotatable bonds is 14. The van der Waals surface area contributed by atoms with E-state index in [9.17, 15) is 28.5 Å². The molecule has 0 unspecified atom stereocenters. The number of phosphoric ester groups is 2. The van der Waals surface area contributed by atoms with Gasteiger partial charge in [0.15, 0.2) is 33.3 Å². The monoisotopic (exact) mass is 942 g/mol. The molecule has 2 aromatic carbocycles. The van der Waals surface area contributed by atoms with Gasteiger partial charge in [0.05, 0.1) is 36.8 Å². The molecule has 2 amide bonds. The summed E-state index contributed by atoms with van der Waals surface area (Å²) >= 11 is 2.33. The average molecular weight is 943 g/mol. The molecule has 6 aromatic rings. The van der Waals surface area contributed by atoms with E-state index in [1.54, 1.807) is 13.8 Å². The Labute approximate surface area is 404 Å². The minimum atomic E-state index is -5.24. The Balaban J connectivity index is 0.000000320. The molecule has 0 bridgehead atoms. The van der Waals surface area contributed by atoms with Gasteiger partial charge < -0.3 is 63.2 Å². The van der Waals surface area contributed by atoms with Gasteiger partial charge >= 0.3 is 66.9 Å². The van der Waals surface area contributed by atoms with Crippen molar-refractivity contribution in [3.63, 3.8) is 0 Å². The molecule has 0 saturated heterocycles. The number of aromatic amines is 2. The minimum Gasteiger partial charge on any atom is -0.780 e. The number of hydrogen-bond donors (Lipinski definition) is 6. The van der Waals surface area contributed by atoms with Crippen LogP contribution < -0.4 is 98.1 Å². The van der Waals surface area contributed by atoms with Crippen molar-refractivity contribution in [1.29, 1.82) is 0 Å². The third-order valence-electron chi connectivity index (χ3n) is 7.65. The maximum Gasteiger partial charge on any atom is 1.00 e. The number of amides is 2. The number of anilines is 2. The Kier molecular flexibility index (Phi) is 19.3. The smallest absolute Gasteiger partial charge is 0.780 e. The standard InChI is InChI=1S/2C17H16N5O6PS.2Na/c2*1-9-15-11(7-19-16(9)18-2)21-17(22-15)30-8-14(23)20-10-4-5-12(13(6-10)27-3)28-29(24,25)26;;/h2*4-7H,8H2,1,3H3,(H,20,23)(H,21,22)(H2,24,25,26);;/q;;2*+1/p-2. The molecule has 62 heavy (non-hydrogen) atoms. The van der Waals surface area contributed by atoms with Crippen LogP contribution in [0.2, 0.25) is 0 Å². The van der Waals surface area contributed by atoms with Gasteiger partial charge in [-0.2, -0.15) is 0 Å². The summed E-state index contributed by atoms with van der Waals surface area (Å²) in [5.74, 6) is -0.453. The number of aromatic nitrogens is 6. The number of hydrogen-bond acceptors (Lipinski definition) is 16. The molecule has 6 rings (SSSR count). The molecule has 4 aromatic heterocycles. The Morgan fingerprint density at radius 3 is 1.50 bits per heavy atom. The number of benzene rings is 2. The summed E-state index contributed by atoms with van der Waals surface area (Å²) in [5.41, 5.74) is 4.59. The van der Waals surface area contributed by atoms with E-state index in [1.165, 1.54) is 74.8 Å². The van der Waals surface area contributed by atoms with Crippen molar-refractivity contribution in [2.75, 3.05) is 36.4 Å². The number of nitrogens with zero attached hydrogens (tertiary/aromatic N) is 6. The second kappa shape index (κ2) is 22.9. The fourth-order valence-corrected chi connectivity index (χ4v) is 7.21. The Morgan fingerprint density at radius 1 is 0.742 bits per heavy atom. The van der Waals surface area contributed by atoms with Crippen LogP contribution in [0.1, 0.15) is 11.1 Å². The van der Waals surface area contributed by atoms with E-state index >= 15 is 0 Å². The molecular weight excluding hydrogens is 912 g/mol. The summed E-state index contributed by atoms with van der Waals surface area (Å²) in [6.07, 6.45) is 3.05. The predicted octanol–water partition coefficient (Wildman–Crippen LogP) is -1.20. The van der Waals surface area contributed by atoms with Crippen LogP contribution in [0.25, 0.3) is 31.8 Å². The van der Waals surface area contributed by atoms with Crippen LogP contribution in [0.5, 0.6) is 23.0 Å². The Bertz CT molecular complexity index is 2600. The van der Waals surface area contributed by atoms with Crippen molar-refractivity contribution in [2.24, 2.45) is 0 Å². The molecule has 0 aliphatic carbocycles. The van der Waals surface area contributed by atoms with Crippen molar-refractivity contribution < 1.29 is 116 Å². The first-order chi connectivity index (χ1) is 28.4. The van der Waals surface area contributed by atoms with E-state index in [4.69, 9.17) is 32.4 Å². The van der Waals surface area contributed by atoms with Crippen LogP contribution in [0.4, 0.5) is 23.0 Å². The number of imidazole rings is 2. The summed E-state index contributed by atoms with van der Waals surface area (Å²) in [5, 5.41) is 6.29. The van der Waals surface area contributed by atoms with Gasteiger partial charge in [-0.3, -0.25) is 19.4 Å². The second-order valence-electron chi connectivity index (χ2n) is 11.8. The van der Waals surface area contributed by atoms with Gasteiger partial charge in [-0.25, -0.2) is 14.5 Å². The minimum absolute atomic E-state index is 0. The van der Waals surface area contributed by atoms with Gasteiger partial charge in [0, 0.05) is 34.6 Å². The topological polar surface area (TPSA) is 308 Å². The number of thioether (sulfide) groups is 2. The fraction of sp³-hybridized carbons (Fsp3) is 0.176. The summed E-state index contributed by atoms with van der Waals surface area (Å²) in [7, 11) is -7.40. The zero-order chi connectivity index (χ0) is 43.8. The molecule has 22 nitrogen and oxygen atoms in total. The van der Waals surface area contributed by atoms with E-state index < -0.39 is 15.6 Å². The second-order valence-corrected chi connectivity index (χ2v) is 15.9. The quantitative estimate of drug-likeness (QED) is 0.0323. The van der Waals surface area contributed by atoms with Crippen LogP contribution in [0, 0.1) is 27.0 Å². The molecule has 0 aliphatic rings. The Hall–Kier alpha value is -4.20. The van der Waals surface area contributed by atoms with E-state index in [-0.39, 0.29) is 117 Å². The van der Waals surface area contributed by atoms with Crippen molar-refractivity contribution in [1.82, 2.24) is 29.9 Å². The third-order valence-corrected chi connectivity index (χ3v) is 10.2. The number of H-pyrrole nitrogens is 2. The molecule has 0 spiro atoms. The van der Waals surface area contributed by atoms with E-state index in [1.807, 2.05) is 0 Å². The molecule has 0 radical (unpaired) electrons. The number of carbonyl (C=O) groups excluding carboxylic acids is 2. The number of fused-ring (bicyclic) bond motifs is 2. The first-order valence-electron chi connectivity index (χ1n) is 16.5. The van der Waals surface area contributed by atoms with Crippen LogP contribution in [0.3, 0.4) is 0 Å². The normalized spacial score (nSPS) is 10.8. The fourth-order valence-electron chi connectivity index (χ4n) is 5.06. The van der Waals surface area contributed by atoms with Gasteiger partial charge in [-0.05, 0) is 38.1 Å². The number of nitrogens with one attached hydrogen (secondary N) is 4. The molecular formula is C34H30N10Na2O12P2S2. The molecule has 0 saturated carbocycles. The van der Waals surface area contributed by atoms with Crippen LogP contribution in [-0.2, 0) is 18.7 Å². The summed E-state index contributed by atoms with van der Waals surface area (Å²) in [6.45, 7) is 17.7. The molecule has 312 valence electrons. The molecule has 28 heteroatoms. The number of methoxy groups -OCH3 is 2. The number of aryl methyl sites for hydroxylation is 2. The van der Waals surface area contributed by atoms with E-state index in [2.05, 4.69) is 59.3 Å². The molecule has 0 fully saturated rings. The molecule has 4 heterocycles. The summed E-state index contributed by atoms with van der Waals surface area (Å²) in [6, 6.07) is 8.00. The largest absolute Gasteiger partial charge is 1.00 e. The predicted molar refractivity (Wildman–Crippen MR) is 215 cm³/mol. The number of pyridine rings is 2. The first-order valence-corrected chi connectivity index (χ1v) is 21.5. The van der Waals surface area contributed by atoms with E-state index in [0.717, 1.165) is 11.8 Å². The van der Waals surface area contributed by atoms with E-state index in [0.29, 0.717) is 54.9 Å². The first kappa shape index (κ1) is 52.1. The summed E-state index contributed by atoms with van der Waals surface area (Å²) in [4.78, 5) is 93.5. The third kappa shape index (κ3) is 14.4. The maximum absolute atomic E-state index is 12.3. The number of carbonyl (C=O) groups is 2. The average Bonchev–Trinajstić information content (AvgIpc) is 3.82. The Morgan fingerprint density at radius 2 is 1.15 bits per heavy atom. The molecule has 0 atom stereocenters. The SMILES string of the molecule is [C-]#[N+]c1ncc2[nH]c(SCC(=O)Nc3ccc(OP(=O)(O)O)c(OC)c3)nc2c1C.[C-]#[N+]c1ncc2[nH]c(SCC(=O)Nc3ccc(OP(=O)([O-])[O-])c(OC)c3)nc2c1C.[Na+].[Na+]. The number of ether oxygens (including phenoxy) is 2. The van der Waals surface area contributed by atoms with Crippen LogP contribution >= 0.6 is 39.2 Å². The van der Waals surface area contributed by atoms with Crippen LogP contribution in [-0.4, -0.2) is 77.2 Å². The van der Waals surface area contributed by atoms with Crippen LogP contribution in [0.15, 0.2) is 59.1 Å². The molecule has 6 N–H and O–H groups in total. The van der Waals surface area contributed by atoms with Gasteiger partial charge in [0.2, 0.25) is 11.8 Å². The van der Waals surface area contributed by atoms with Crippen molar-refractivity contribution in [2.45, 2.75) is 24.2 Å².